The molecule has 0 N–H and O–H groups in total. The van der Waals surface area contributed by atoms with Crippen LogP contribution in [0.25, 0.3) is 0 Å². The van der Waals surface area contributed by atoms with Crippen LogP contribution in [0.3, 0.4) is 0 Å². The average molecular weight is 226 g/mol. The Bertz CT molecular complexity index is 242. The maximum absolute atomic E-state index is 11.9. The number of ketones is 1. The van der Waals surface area contributed by atoms with Crippen LogP contribution in [0.5, 0.6) is 0 Å². The normalized spacial score (nSPS) is 19.1. The van der Waals surface area contributed by atoms with Crippen LogP contribution in [-0.4, -0.2) is 18.9 Å². The van der Waals surface area contributed by atoms with E-state index in [1.165, 1.54) is 26.4 Å². The molecule has 0 aromatic rings. The summed E-state index contributed by atoms with van der Waals surface area (Å²) >= 11 is 0. The van der Waals surface area contributed by atoms with E-state index in [2.05, 4.69) is 4.74 Å². The predicted molar refractivity (Wildman–Crippen MR) is 62.0 cm³/mol. The molecule has 1 rings (SSSR count). The van der Waals surface area contributed by atoms with Crippen LogP contribution in [0, 0.1) is 11.8 Å². The van der Waals surface area contributed by atoms with Crippen LogP contribution < -0.4 is 0 Å². The van der Waals surface area contributed by atoms with Gasteiger partial charge < -0.3 is 4.74 Å². The number of hydrogen-bond donors (Lipinski definition) is 0. The summed E-state index contributed by atoms with van der Waals surface area (Å²) in [6.45, 7) is 1.94. The van der Waals surface area contributed by atoms with Gasteiger partial charge in [0.2, 0.25) is 0 Å². The lowest BCUT2D eigenvalue weighted by Crippen LogP contribution is -2.21. The Morgan fingerprint density at radius 1 is 1.19 bits per heavy atom. The van der Waals surface area contributed by atoms with Crippen molar-refractivity contribution in [3.05, 3.63) is 0 Å². The molecule has 3 heteroatoms. The van der Waals surface area contributed by atoms with Crippen LogP contribution in [0.4, 0.5) is 0 Å². The highest BCUT2D eigenvalue weighted by molar-refractivity contribution is 5.82. The fourth-order valence-electron chi connectivity index (χ4n) is 2.37. The monoisotopic (exact) mass is 226 g/mol. The molecule has 3 nitrogen and oxygen atoms in total. The molecule has 1 atom stereocenters. The number of ether oxygens (including phenoxy) is 1. The molecular formula is C13H22O3. The molecule has 0 aromatic heterocycles. The summed E-state index contributed by atoms with van der Waals surface area (Å²) in [5, 5.41) is 0. The molecule has 0 aliphatic heterocycles. The smallest absolute Gasteiger partial charge is 0.305 e. The van der Waals surface area contributed by atoms with Crippen molar-refractivity contribution in [1.82, 2.24) is 0 Å². The number of Topliss-reactive ketones (excluding diaryl/α,β-unsaturated/α-hetero) is 1. The topological polar surface area (TPSA) is 43.4 Å². The van der Waals surface area contributed by atoms with Crippen molar-refractivity contribution in [2.75, 3.05) is 7.11 Å². The Balaban J connectivity index is 2.29. The van der Waals surface area contributed by atoms with E-state index >= 15 is 0 Å². The van der Waals surface area contributed by atoms with Gasteiger partial charge >= 0.3 is 5.97 Å². The van der Waals surface area contributed by atoms with Gasteiger partial charge in [-0.3, -0.25) is 9.59 Å². The van der Waals surface area contributed by atoms with E-state index in [0.29, 0.717) is 18.6 Å². The van der Waals surface area contributed by atoms with Crippen molar-refractivity contribution in [3.63, 3.8) is 0 Å². The number of carbonyl (C=O) groups is 2. The quantitative estimate of drug-likeness (QED) is 0.677. The highest BCUT2D eigenvalue weighted by atomic mass is 16.5. The van der Waals surface area contributed by atoms with Gasteiger partial charge in [0.1, 0.15) is 5.78 Å². The van der Waals surface area contributed by atoms with Gasteiger partial charge in [0.25, 0.3) is 0 Å². The molecular weight excluding hydrogens is 204 g/mol. The summed E-state index contributed by atoms with van der Waals surface area (Å²) in [7, 11) is 1.39. The van der Waals surface area contributed by atoms with Crippen molar-refractivity contribution in [1.29, 1.82) is 0 Å². The second-order valence-electron chi connectivity index (χ2n) is 4.89. The Morgan fingerprint density at radius 2 is 1.81 bits per heavy atom. The minimum atomic E-state index is -0.219. The maximum atomic E-state index is 11.9. The molecule has 0 bridgehead atoms. The fraction of sp³-hybridized carbons (Fsp3) is 0.846. The van der Waals surface area contributed by atoms with Crippen LogP contribution in [0.2, 0.25) is 0 Å². The van der Waals surface area contributed by atoms with E-state index in [0.717, 1.165) is 12.8 Å². The van der Waals surface area contributed by atoms with Gasteiger partial charge in [-0.05, 0) is 18.8 Å². The number of hydrogen-bond acceptors (Lipinski definition) is 3. The highest BCUT2D eigenvalue weighted by Crippen LogP contribution is 2.26. The second kappa shape index (κ2) is 6.66. The van der Waals surface area contributed by atoms with E-state index in [1.54, 1.807) is 0 Å². The molecule has 92 valence electrons. The third kappa shape index (κ3) is 4.33. The van der Waals surface area contributed by atoms with Crippen LogP contribution in [0.1, 0.15) is 51.9 Å². The minimum Gasteiger partial charge on any atom is -0.469 e. The summed E-state index contributed by atoms with van der Waals surface area (Å²) in [5.41, 5.74) is 0. The van der Waals surface area contributed by atoms with Crippen molar-refractivity contribution in [3.8, 4) is 0 Å². The molecule has 0 amide bonds. The fourth-order valence-corrected chi connectivity index (χ4v) is 2.37. The van der Waals surface area contributed by atoms with Gasteiger partial charge in [-0.25, -0.2) is 0 Å². The summed E-state index contributed by atoms with van der Waals surface area (Å²) in [4.78, 5) is 23.0. The third-order valence-corrected chi connectivity index (χ3v) is 3.35. The Labute approximate surface area is 97.5 Å². The molecule has 16 heavy (non-hydrogen) atoms. The summed E-state index contributed by atoms with van der Waals surface area (Å²) in [5.74, 6) is 0.496. The molecule has 1 fully saturated rings. The zero-order valence-electron chi connectivity index (χ0n) is 10.3. The van der Waals surface area contributed by atoms with Crippen LogP contribution in [-0.2, 0) is 14.3 Å². The van der Waals surface area contributed by atoms with Crippen LogP contribution in [0.15, 0.2) is 0 Å². The van der Waals surface area contributed by atoms with Crippen molar-refractivity contribution < 1.29 is 14.3 Å². The standard InChI is InChI=1S/C13H22O3/c1-10(9-13(15)16-2)8-12(14)11-6-4-3-5-7-11/h10-11H,3-9H2,1-2H3/t10-/m0/s1. The van der Waals surface area contributed by atoms with Gasteiger partial charge in [-0.1, -0.05) is 26.2 Å². The Morgan fingerprint density at radius 3 is 2.38 bits per heavy atom. The van der Waals surface area contributed by atoms with Crippen molar-refractivity contribution >= 4 is 11.8 Å². The zero-order chi connectivity index (χ0) is 12.0. The van der Waals surface area contributed by atoms with Gasteiger partial charge in [-0.2, -0.15) is 0 Å². The molecule has 1 aliphatic carbocycles. The van der Waals surface area contributed by atoms with E-state index < -0.39 is 0 Å². The lowest BCUT2D eigenvalue weighted by Gasteiger charge is -2.21. The first kappa shape index (κ1) is 13.2. The number of carbonyl (C=O) groups excluding carboxylic acids is 2. The summed E-state index contributed by atoms with van der Waals surface area (Å²) < 4.78 is 4.60. The van der Waals surface area contributed by atoms with Crippen molar-refractivity contribution in [2.24, 2.45) is 11.8 Å². The molecule has 1 saturated carbocycles. The molecule has 1 aliphatic rings. The third-order valence-electron chi connectivity index (χ3n) is 3.35. The largest absolute Gasteiger partial charge is 0.469 e. The van der Waals surface area contributed by atoms with Gasteiger partial charge in [0, 0.05) is 18.8 Å². The number of methoxy groups -OCH3 is 1. The lowest BCUT2D eigenvalue weighted by atomic mass is 9.83. The molecule has 0 radical (unpaired) electrons. The Kier molecular flexibility index (Phi) is 5.50. The first-order valence-electron chi connectivity index (χ1n) is 6.23. The van der Waals surface area contributed by atoms with Crippen molar-refractivity contribution in [2.45, 2.75) is 51.9 Å². The summed E-state index contributed by atoms with van der Waals surface area (Å²) in [6.07, 6.45) is 6.60. The van der Waals surface area contributed by atoms with E-state index in [-0.39, 0.29) is 17.8 Å². The van der Waals surface area contributed by atoms with E-state index in [4.69, 9.17) is 0 Å². The van der Waals surface area contributed by atoms with Crippen LogP contribution >= 0.6 is 0 Å². The second-order valence-corrected chi connectivity index (χ2v) is 4.89. The first-order valence-corrected chi connectivity index (χ1v) is 6.23. The molecule has 0 unspecified atom stereocenters. The van der Waals surface area contributed by atoms with Gasteiger partial charge in [-0.15, -0.1) is 0 Å². The average Bonchev–Trinajstić information content (AvgIpc) is 2.29. The maximum Gasteiger partial charge on any atom is 0.305 e. The molecule has 0 heterocycles. The zero-order valence-corrected chi connectivity index (χ0v) is 10.3. The van der Waals surface area contributed by atoms with E-state index in [1.807, 2.05) is 6.92 Å². The summed E-state index contributed by atoms with van der Waals surface area (Å²) in [6, 6.07) is 0. The molecule has 0 spiro atoms. The molecule has 0 aromatic carbocycles. The number of esters is 1. The molecule has 0 saturated heterocycles. The van der Waals surface area contributed by atoms with Gasteiger partial charge in [0.05, 0.1) is 7.11 Å². The first-order chi connectivity index (χ1) is 7.63. The predicted octanol–water partition coefficient (Wildman–Crippen LogP) is 2.73. The van der Waals surface area contributed by atoms with E-state index in [9.17, 15) is 9.59 Å². The number of rotatable bonds is 5. The lowest BCUT2D eigenvalue weighted by molar-refractivity contribution is -0.141. The Hall–Kier alpha value is -0.860. The SMILES string of the molecule is COC(=O)C[C@@H](C)CC(=O)C1CCCCC1. The van der Waals surface area contributed by atoms with Gasteiger partial charge in [0.15, 0.2) is 0 Å². The highest BCUT2D eigenvalue weighted by Gasteiger charge is 2.23. The minimum absolute atomic E-state index is 0.113.